The van der Waals surface area contributed by atoms with Crippen LogP contribution in [0.4, 0.5) is 21.6 Å². The summed E-state index contributed by atoms with van der Waals surface area (Å²) in [5.74, 6) is 0.405. The van der Waals surface area contributed by atoms with Crippen LogP contribution in [0.15, 0.2) is 59.8 Å². The molecule has 10 nitrogen and oxygen atoms in total. The number of carbonyl (C=O) groups excluding carboxylic acids is 1. The molecule has 202 valence electrons. The van der Waals surface area contributed by atoms with E-state index in [1.807, 2.05) is 37.3 Å². The first kappa shape index (κ1) is 26.6. The summed E-state index contributed by atoms with van der Waals surface area (Å²) >= 11 is 1.45. The van der Waals surface area contributed by atoms with Gasteiger partial charge in [0.2, 0.25) is 5.95 Å². The van der Waals surface area contributed by atoms with Gasteiger partial charge in [0.05, 0.1) is 20.4 Å². The molecule has 1 fully saturated rings. The lowest BCUT2D eigenvalue weighted by molar-refractivity contribution is 0.187. The molecule has 1 saturated heterocycles. The monoisotopic (exact) mass is 563 g/mol. The zero-order valence-corrected chi connectivity index (χ0v) is 23.0. The molecule has 1 aliphatic heterocycles. The first-order valence-electron chi connectivity index (χ1n) is 12.6. The van der Waals surface area contributed by atoms with E-state index < -0.39 is 15.1 Å². The average Bonchev–Trinajstić information content (AvgIpc) is 3.32. The largest absolute Gasteiger partial charge is 0.375 e. The van der Waals surface area contributed by atoms with Gasteiger partial charge in [0.15, 0.2) is 15.0 Å². The molecule has 0 bridgehead atoms. The third-order valence-corrected chi connectivity index (χ3v) is 9.63. The maximum Gasteiger partial charge on any atom is 0.317 e. The van der Waals surface area contributed by atoms with E-state index in [0.717, 1.165) is 21.3 Å². The number of carbonyl (C=O) groups is 1. The van der Waals surface area contributed by atoms with Gasteiger partial charge in [0.25, 0.3) is 0 Å². The molecule has 0 unspecified atom stereocenters. The fraction of sp³-hybridized carbons (Fsp3) is 0.259. The summed E-state index contributed by atoms with van der Waals surface area (Å²) in [5.41, 5.74) is 9.21. The number of nitrogen functional groups attached to an aromatic ring is 1. The van der Waals surface area contributed by atoms with Gasteiger partial charge in [-0.1, -0.05) is 29.6 Å². The average molecular weight is 564 g/mol. The number of nitrogens with two attached hydrogens (primary N) is 1. The number of rotatable bonds is 7. The minimum Gasteiger partial charge on any atom is -0.375 e. The Morgan fingerprint density at radius 2 is 1.77 bits per heavy atom. The fourth-order valence-corrected chi connectivity index (χ4v) is 6.94. The van der Waals surface area contributed by atoms with Gasteiger partial charge in [0.1, 0.15) is 0 Å². The Hall–Kier alpha value is -4.03. The maximum atomic E-state index is 13.1. The van der Waals surface area contributed by atoms with Crippen molar-refractivity contribution in [3.8, 4) is 0 Å². The van der Waals surface area contributed by atoms with E-state index in [1.165, 1.54) is 11.3 Å². The van der Waals surface area contributed by atoms with Crippen molar-refractivity contribution in [2.45, 2.75) is 29.9 Å². The topological polar surface area (TPSA) is 143 Å². The molecule has 5 rings (SSSR count). The SMILES string of the molecule is CCNC(=O)N1CCC(S(=O)(=O)c2ccc(Nc3ncc(C=Cc4ccc5nc(N)sc5c4)cn3)cc2)CC1. The molecule has 2 aromatic carbocycles. The summed E-state index contributed by atoms with van der Waals surface area (Å²) < 4.78 is 27.3. The Bertz CT molecular complexity index is 1590. The van der Waals surface area contributed by atoms with Crippen LogP contribution in [0.1, 0.15) is 30.9 Å². The second-order valence-electron chi connectivity index (χ2n) is 9.17. The van der Waals surface area contributed by atoms with Gasteiger partial charge in [-0.05, 0) is 61.7 Å². The molecular formula is C27H29N7O3S2. The van der Waals surface area contributed by atoms with E-state index in [1.54, 1.807) is 41.6 Å². The first-order chi connectivity index (χ1) is 18.8. The summed E-state index contributed by atoms with van der Waals surface area (Å²) in [7, 11) is -3.49. The molecule has 0 aliphatic carbocycles. The molecule has 4 aromatic rings. The van der Waals surface area contributed by atoms with Gasteiger partial charge in [-0.3, -0.25) is 0 Å². The quantitative estimate of drug-likeness (QED) is 0.297. The van der Waals surface area contributed by atoms with E-state index in [0.29, 0.717) is 49.2 Å². The second-order valence-corrected chi connectivity index (χ2v) is 12.5. The molecule has 0 atom stereocenters. The highest BCUT2D eigenvalue weighted by Crippen LogP contribution is 2.27. The molecule has 0 saturated carbocycles. The van der Waals surface area contributed by atoms with Crippen molar-refractivity contribution in [3.63, 3.8) is 0 Å². The number of benzene rings is 2. The number of nitrogens with zero attached hydrogens (tertiary/aromatic N) is 4. The lowest BCUT2D eigenvalue weighted by atomic mass is 10.1. The maximum absolute atomic E-state index is 13.1. The minimum atomic E-state index is -3.49. The van der Waals surface area contributed by atoms with Crippen LogP contribution in [0.2, 0.25) is 0 Å². The third kappa shape index (κ3) is 6.18. The van der Waals surface area contributed by atoms with Gasteiger partial charge in [-0.15, -0.1) is 0 Å². The Morgan fingerprint density at radius 3 is 2.46 bits per heavy atom. The van der Waals surface area contributed by atoms with Crippen LogP contribution in [0.25, 0.3) is 22.4 Å². The van der Waals surface area contributed by atoms with Crippen molar-refractivity contribution in [1.29, 1.82) is 0 Å². The molecule has 4 N–H and O–H groups in total. The Balaban J connectivity index is 1.18. The van der Waals surface area contributed by atoms with E-state index in [2.05, 4.69) is 25.6 Å². The number of aromatic nitrogens is 3. The van der Waals surface area contributed by atoms with Crippen molar-refractivity contribution >= 4 is 66.3 Å². The van der Waals surface area contributed by atoms with E-state index in [-0.39, 0.29) is 10.9 Å². The van der Waals surface area contributed by atoms with Crippen LogP contribution in [0.3, 0.4) is 0 Å². The predicted molar refractivity (Wildman–Crippen MR) is 156 cm³/mol. The van der Waals surface area contributed by atoms with E-state index in [4.69, 9.17) is 5.73 Å². The summed E-state index contributed by atoms with van der Waals surface area (Å²) in [4.78, 5) is 26.9. The number of thiazole rings is 1. The third-order valence-electron chi connectivity index (χ3n) is 6.50. The zero-order valence-electron chi connectivity index (χ0n) is 21.4. The molecule has 1 aliphatic rings. The number of urea groups is 1. The van der Waals surface area contributed by atoms with Crippen LogP contribution in [0.5, 0.6) is 0 Å². The van der Waals surface area contributed by atoms with Gasteiger partial charge >= 0.3 is 6.03 Å². The van der Waals surface area contributed by atoms with E-state index >= 15 is 0 Å². The zero-order chi connectivity index (χ0) is 27.4. The molecule has 2 amide bonds. The van der Waals surface area contributed by atoms with Gasteiger partial charge in [0, 0.05) is 43.3 Å². The number of fused-ring (bicyclic) bond motifs is 1. The Kier molecular flexibility index (Phi) is 7.75. The molecule has 0 spiro atoms. The van der Waals surface area contributed by atoms with Crippen LogP contribution < -0.4 is 16.4 Å². The number of likely N-dealkylation sites (tertiary alicyclic amines) is 1. The number of nitrogens with one attached hydrogen (secondary N) is 2. The smallest absolute Gasteiger partial charge is 0.317 e. The van der Waals surface area contributed by atoms with Crippen molar-refractivity contribution < 1.29 is 13.2 Å². The fourth-order valence-electron chi connectivity index (χ4n) is 4.43. The van der Waals surface area contributed by atoms with Crippen molar-refractivity contribution in [2.75, 3.05) is 30.7 Å². The van der Waals surface area contributed by atoms with Crippen molar-refractivity contribution in [1.82, 2.24) is 25.2 Å². The number of hydrogen-bond acceptors (Lipinski definition) is 9. The normalized spacial score (nSPS) is 14.6. The summed E-state index contributed by atoms with van der Waals surface area (Å²) in [5, 5.41) is 5.91. The Labute approximate surface area is 230 Å². The number of sulfone groups is 1. The standard InChI is InChI=1S/C27H29N7O3S2/c1-2-29-27(35)34-13-11-22(12-14-34)39(36,37)21-8-6-20(7-9-21)32-26-30-16-19(17-31-26)4-3-18-5-10-23-24(15-18)38-25(28)33-23/h3-10,15-17,22H,2,11-14H2,1H3,(H2,28,33)(H,29,35)(H,30,31,32). The van der Waals surface area contributed by atoms with Crippen molar-refractivity contribution in [3.05, 3.63) is 66.0 Å². The van der Waals surface area contributed by atoms with Crippen LogP contribution in [0, 0.1) is 0 Å². The minimum absolute atomic E-state index is 0.144. The molecule has 39 heavy (non-hydrogen) atoms. The predicted octanol–water partition coefficient (Wildman–Crippen LogP) is 4.55. The summed E-state index contributed by atoms with van der Waals surface area (Å²) in [6, 6.07) is 12.4. The highest BCUT2D eigenvalue weighted by molar-refractivity contribution is 7.92. The first-order valence-corrected chi connectivity index (χ1v) is 15.0. The summed E-state index contributed by atoms with van der Waals surface area (Å²) in [6.07, 6.45) is 8.16. The second kappa shape index (κ2) is 11.4. The van der Waals surface area contributed by atoms with Crippen molar-refractivity contribution in [2.24, 2.45) is 0 Å². The highest BCUT2D eigenvalue weighted by Gasteiger charge is 2.32. The number of piperidine rings is 1. The number of hydrogen-bond donors (Lipinski definition) is 3. The van der Waals surface area contributed by atoms with Crippen LogP contribution >= 0.6 is 11.3 Å². The molecule has 3 heterocycles. The van der Waals surface area contributed by atoms with Gasteiger partial charge in [-0.25, -0.2) is 28.2 Å². The van der Waals surface area contributed by atoms with Gasteiger partial charge in [-0.2, -0.15) is 0 Å². The lowest BCUT2D eigenvalue weighted by Crippen LogP contribution is -2.46. The number of anilines is 3. The molecule has 2 aromatic heterocycles. The molecule has 12 heteroatoms. The van der Waals surface area contributed by atoms with E-state index in [9.17, 15) is 13.2 Å². The van der Waals surface area contributed by atoms with Gasteiger partial charge < -0.3 is 21.3 Å². The van der Waals surface area contributed by atoms with Crippen LogP contribution in [-0.2, 0) is 9.84 Å². The molecule has 0 radical (unpaired) electrons. The van der Waals surface area contributed by atoms with Crippen LogP contribution in [-0.4, -0.2) is 59.2 Å². The Morgan fingerprint density at radius 1 is 1.08 bits per heavy atom. The number of amides is 2. The molecular weight excluding hydrogens is 534 g/mol. The lowest BCUT2D eigenvalue weighted by Gasteiger charge is -2.31. The highest BCUT2D eigenvalue weighted by atomic mass is 32.2. The summed E-state index contributed by atoms with van der Waals surface area (Å²) in [6.45, 7) is 3.26.